The zero-order chi connectivity index (χ0) is 12.4. The average molecular weight is 284 g/mol. The number of fused-ring (bicyclic) bond motifs is 1. The number of pyridine rings is 1. The topological polar surface area (TPSA) is 37.4 Å². The molecular formula is C14H22ClN3O. The Morgan fingerprint density at radius 1 is 1.37 bits per heavy atom. The van der Waals surface area contributed by atoms with E-state index in [4.69, 9.17) is 9.72 Å². The number of rotatable bonds is 1. The number of anilines is 1. The second-order valence-electron chi connectivity index (χ2n) is 5.20. The van der Waals surface area contributed by atoms with E-state index in [2.05, 4.69) is 29.3 Å². The molecule has 0 aromatic carbocycles. The predicted molar refractivity (Wildman–Crippen MR) is 79.3 cm³/mol. The smallest absolute Gasteiger partial charge is 0.219 e. The monoisotopic (exact) mass is 283 g/mol. The maximum atomic E-state index is 5.71. The fourth-order valence-corrected chi connectivity index (χ4v) is 2.76. The molecule has 0 radical (unpaired) electrons. The summed E-state index contributed by atoms with van der Waals surface area (Å²) in [5.74, 6) is 1.89. The lowest BCUT2D eigenvalue weighted by molar-refractivity contribution is 0.313. The molecule has 1 aromatic rings. The fourth-order valence-electron chi connectivity index (χ4n) is 2.76. The van der Waals surface area contributed by atoms with Gasteiger partial charge in [-0.15, -0.1) is 12.4 Å². The Labute approximate surface area is 121 Å². The zero-order valence-corrected chi connectivity index (χ0v) is 12.2. The molecule has 0 bridgehead atoms. The normalized spacial score (nSPS) is 22.8. The first-order valence-corrected chi connectivity index (χ1v) is 6.94. The highest BCUT2D eigenvalue weighted by Crippen LogP contribution is 2.27. The summed E-state index contributed by atoms with van der Waals surface area (Å²) in [7, 11) is 0. The van der Waals surface area contributed by atoms with Crippen molar-refractivity contribution < 1.29 is 4.74 Å². The molecule has 0 aliphatic carbocycles. The van der Waals surface area contributed by atoms with Gasteiger partial charge in [0.05, 0.1) is 0 Å². The molecule has 1 aromatic heterocycles. The third kappa shape index (κ3) is 3.12. The Morgan fingerprint density at radius 3 is 3.11 bits per heavy atom. The minimum Gasteiger partial charge on any atom is -0.476 e. The van der Waals surface area contributed by atoms with Gasteiger partial charge in [0.2, 0.25) is 5.88 Å². The van der Waals surface area contributed by atoms with Gasteiger partial charge in [-0.1, -0.05) is 0 Å². The number of hydrogen-bond acceptors (Lipinski definition) is 4. The highest BCUT2D eigenvalue weighted by molar-refractivity contribution is 5.85. The van der Waals surface area contributed by atoms with Gasteiger partial charge in [-0.25, -0.2) is 0 Å². The second-order valence-corrected chi connectivity index (χ2v) is 5.20. The molecule has 1 atom stereocenters. The van der Waals surface area contributed by atoms with E-state index in [1.165, 1.54) is 24.8 Å². The van der Waals surface area contributed by atoms with Crippen LogP contribution in [0.1, 0.15) is 31.7 Å². The first kappa shape index (κ1) is 14.4. The second kappa shape index (κ2) is 6.44. The van der Waals surface area contributed by atoms with Crippen LogP contribution in [0.15, 0.2) is 12.1 Å². The van der Waals surface area contributed by atoms with Crippen molar-refractivity contribution in [3.05, 3.63) is 17.7 Å². The summed E-state index contributed by atoms with van der Waals surface area (Å²) in [6.07, 6.45) is 3.87. The van der Waals surface area contributed by atoms with Crippen molar-refractivity contribution in [2.24, 2.45) is 0 Å². The van der Waals surface area contributed by atoms with E-state index in [1.807, 2.05) is 0 Å². The van der Waals surface area contributed by atoms with Crippen LogP contribution in [0.5, 0.6) is 5.88 Å². The first-order chi connectivity index (χ1) is 8.84. The lowest BCUT2D eigenvalue weighted by atomic mass is 10.0. The Hall–Kier alpha value is -1.00. The molecule has 0 saturated carbocycles. The van der Waals surface area contributed by atoms with Gasteiger partial charge in [0.15, 0.2) is 0 Å². The number of aromatic nitrogens is 1. The summed E-state index contributed by atoms with van der Waals surface area (Å²) in [6.45, 7) is 5.86. The molecule has 0 spiro atoms. The van der Waals surface area contributed by atoms with Gasteiger partial charge in [0, 0.05) is 31.2 Å². The summed E-state index contributed by atoms with van der Waals surface area (Å²) >= 11 is 0. The molecule has 1 saturated heterocycles. The quantitative estimate of drug-likeness (QED) is 0.859. The van der Waals surface area contributed by atoms with Crippen LogP contribution in [0.3, 0.4) is 0 Å². The highest BCUT2D eigenvalue weighted by Gasteiger charge is 2.21. The number of nitrogens with zero attached hydrogens (tertiary/aromatic N) is 2. The molecule has 0 amide bonds. The molecule has 0 unspecified atom stereocenters. The van der Waals surface area contributed by atoms with Crippen LogP contribution in [-0.4, -0.2) is 30.7 Å². The molecule has 5 heteroatoms. The SMILES string of the molecule is C[C@@H]1CCCCN1c1ccc2c(n1)OCCNC2.Cl. The zero-order valence-electron chi connectivity index (χ0n) is 11.4. The lowest BCUT2D eigenvalue weighted by Crippen LogP contribution is -2.38. The molecule has 2 aliphatic heterocycles. The fraction of sp³-hybridized carbons (Fsp3) is 0.643. The van der Waals surface area contributed by atoms with Crippen molar-refractivity contribution in [1.29, 1.82) is 0 Å². The third-order valence-corrected chi connectivity index (χ3v) is 3.85. The maximum absolute atomic E-state index is 5.71. The van der Waals surface area contributed by atoms with Crippen LogP contribution in [-0.2, 0) is 6.54 Å². The van der Waals surface area contributed by atoms with Gasteiger partial charge < -0.3 is 15.0 Å². The van der Waals surface area contributed by atoms with Gasteiger partial charge in [0.25, 0.3) is 0 Å². The number of piperidine rings is 1. The molecule has 2 aliphatic rings. The van der Waals surface area contributed by atoms with E-state index in [0.717, 1.165) is 31.3 Å². The Kier molecular flexibility index (Phi) is 4.88. The Morgan fingerprint density at radius 2 is 2.26 bits per heavy atom. The van der Waals surface area contributed by atoms with Gasteiger partial charge in [-0.3, -0.25) is 0 Å². The number of hydrogen-bond donors (Lipinski definition) is 1. The van der Waals surface area contributed by atoms with Crippen LogP contribution >= 0.6 is 12.4 Å². The summed E-state index contributed by atoms with van der Waals surface area (Å²) in [5, 5.41) is 3.33. The first-order valence-electron chi connectivity index (χ1n) is 6.94. The molecular weight excluding hydrogens is 262 g/mol. The third-order valence-electron chi connectivity index (χ3n) is 3.85. The van der Waals surface area contributed by atoms with E-state index in [-0.39, 0.29) is 12.4 Å². The molecule has 3 heterocycles. The van der Waals surface area contributed by atoms with Gasteiger partial charge in [-0.2, -0.15) is 4.98 Å². The van der Waals surface area contributed by atoms with E-state index >= 15 is 0 Å². The van der Waals surface area contributed by atoms with E-state index in [1.54, 1.807) is 0 Å². The molecule has 19 heavy (non-hydrogen) atoms. The number of nitrogens with one attached hydrogen (secondary N) is 1. The highest BCUT2D eigenvalue weighted by atomic mass is 35.5. The van der Waals surface area contributed by atoms with E-state index in [9.17, 15) is 0 Å². The number of ether oxygens (including phenoxy) is 1. The molecule has 3 rings (SSSR count). The largest absolute Gasteiger partial charge is 0.476 e. The van der Waals surface area contributed by atoms with Crippen molar-refractivity contribution in [2.75, 3.05) is 24.6 Å². The van der Waals surface area contributed by atoms with Gasteiger partial charge in [0.1, 0.15) is 12.4 Å². The molecule has 1 N–H and O–H groups in total. The Balaban J connectivity index is 0.00000133. The van der Waals surface area contributed by atoms with Crippen molar-refractivity contribution in [2.45, 2.75) is 38.8 Å². The van der Waals surface area contributed by atoms with E-state index in [0.29, 0.717) is 12.6 Å². The van der Waals surface area contributed by atoms with Crippen LogP contribution in [0, 0.1) is 0 Å². The maximum Gasteiger partial charge on any atom is 0.219 e. The Bertz CT molecular complexity index is 427. The summed E-state index contributed by atoms with van der Waals surface area (Å²) < 4.78 is 5.71. The molecule has 4 nitrogen and oxygen atoms in total. The molecule has 106 valence electrons. The van der Waals surface area contributed by atoms with Gasteiger partial charge >= 0.3 is 0 Å². The van der Waals surface area contributed by atoms with Crippen LogP contribution < -0.4 is 15.0 Å². The van der Waals surface area contributed by atoms with E-state index < -0.39 is 0 Å². The number of halogens is 1. The minimum atomic E-state index is 0. The lowest BCUT2D eigenvalue weighted by Gasteiger charge is -2.34. The minimum absolute atomic E-state index is 0. The van der Waals surface area contributed by atoms with Crippen LogP contribution in [0.2, 0.25) is 0 Å². The van der Waals surface area contributed by atoms with Crippen molar-refractivity contribution >= 4 is 18.2 Å². The van der Waals surface area contributed by atoms with Crippen molar-refractivity contribution in [3.8, 4) is 5.88 Å². The summed E-state index contributed by atoms with van der Waals surface area (Å²) in [6, 6.07) is 4.88. The summed E-state index contributed by atoms with van der Waals surface area (Å²) in [5.41, 5.74) is 1.17. The summed E-state index contributed by atoms with van der Waals surface area (Å²) in [4.78, 5) is 7.12. The average Bonchev–Trinajstić information content (AvgIpc) is 2.63. The van der Waals surface area contributed by atoms with Gasteiger partial charge in [-0.05, 0) is 38.3 Å². The van der Waals surface area contributed by atoms with Crippen molar-refractivity contribution in [1.82, 2.24) is 10.3 Å². The standard InChI is InChI=1S/C14H21N3O.ClH/c1-11-4-2-3-8-17(11)13-6-5-12-10-15-7-9-18-14(12)16-13;/h5-6,11,15H,2-4,7-10H2,1H3;1H/t11-;/m1./s1. The van der Waals surface area contributed by atoms with Crippen LogP contribution in [0.4, 0.5) is 5.82 Å². The predicted octanol–water partition coefficient (Wildman–Crippen LogP) is 2.36. The molecule has 1 fully saturated rings. The van der Waals surface area contributed by atoms with Crippen molar-refractivity contribution in [3.63, 3.8) is 0 Å². The van der Waals surface area contributed by atoms with Crippen LogP contribution in [0.25, 0.3) is 0 Å².